The van der Waals surface area contributed by atoms with Crippen LogP contribution in [0.5, 0.6) is 0 Å². The molecule has 0 spiro atoms. The van der Waals surface area contributed by atoms with Crippen LogP contribution < -0.4 is 5.32 Å². The fraction of sp³-hybridized carbons (Fsp3) is 0.400. The van der Waals surface area contributed by atoms with Gasteiger partial charge in [0.05, 0.1) is 17.6 Å². The van der Waals surface area contributed by atoms with Gasteiger partial charge in [0.2, 0.25) is 0 Å². The molecule has 1 aliphatic rings. The van der Waals surface area contributed by atoms with E-state index in [0.29, 0.717) is 12.3 Å². The van der Waals surface area contributed by atoms with Crippen molar-refractivity contribution < 1.29 is 9.53 Å². The van der Waals surface area contributed by atoms with E-state index >= 15 is 0 Å². The number of anilines is 1. The van der Waals surface area contributed by atoms with Gasteiger partial charge in [-0.3, -0.25) is 4.79 Å². The van der Waals surface area contributed by atoms with E-state index in [1.807, 2.05) is 32.0 Å². The van der Waals surface area contributed by atoms with Crippen molar-refractivity contribution >= 4 is 11.6 Å². The average molecular weight is 286 g/mol. The molecule has 1 unspecified atom stereocenters. The molecule has 6 heteroatoms. The Kier molecular flexibility index (Phi) is 3.70. The van der Waals surface area contributed by atoms with E-state index in [2.05, 4.69) is 15.4 Å². The SMILES string of the molecule is Cc1cc(C)n(-c2ccc(NC(=O)C3CCCO3)cn2)n1. The smallest absolute Gasteiger partial charge is 0.253 e. The summed E-state index contributed by atoms with van der Waals surface area (Å²) in [6.07, 6.45) is 3.02. The first-order chi connectivity index (χ1) is 10.1. The van der Waals surface area contributed by atoms with Crippen molar-refractivity contribution in [2.75, 3.05) is 11.9 Å². The number of pyridine rings is 1. The molecule has 0 radical (unpaired) electrons. The fourth-order valence-corrected chi connectivity index (χ4v) is 2.45. The summed E-state index contributed by atoms with van der Waals surface area (Å²) in [4.78, 5) is 16.3. The highest BCUT2D eigenvalue weighted by atomic mass is 16.5. The number of amides is 1. The van der Waals surface area contributed by atoms with Gasteiger partial charge in [0.1, 0.15) is 6.10 Å². The van der Waals surface area contributed by atoms with Gasteiger partial charge >= 0.3 is 0 Å². The molecule has 6 nitrogen and oxygen atoms in total. The summed E-state index contributed by atoms with van der Waals surface area (Å²) >= 11 is 0. The van der Waals surface area contributed by atoms with Crippen molar-refractivity contribution in [2.24, 2.45) is 0 Å². The highest BCUT2D eigenvalue weighted by Crippen LogP contribution is 2.16. The van der Waals surface area contributed by atoms with Crippen LogP contribution in [0.25, 0.3) is 5.82 Å². The molecule has 0 saturated carbocycles. The molecule has 0 aliphatic carbocycles. The van der Waals surface area contributed by atoms with Crippen molar-refractivity contribution in [3.8, 4) is 5.82 Å². The van der Waals surface area contributed by atoms with Crippen LogP contribution >= 0.6 is 0 Å². The predicted molar refractivity (Wildman–Crippen MR) is 78.4 cm³/mol. The first-order valence-electron chi connectivity index (χ1n) is 7.05. The van der Waals surface area contributed by atoms with Gasteiger partial charge in [-0.2, -0.15) is 5.10 Å². The number of aromatic nitrogens is 3. The Morgan fingerprint density at radius 3 is 2.86 bits per heavy atom. The Morgan fingerprint density at radius 1 is 1.43 bits per heavy atom. The summed E-state index contributed by atoms with van der Waals surface area (Å²) in [5.41, 5.74) is 2.64. The molecule has 1 saturated heterocycles. The lowest BCUT2D eigenvalue weighted by atomic mass is 10.2. The van der Waals surface area contributed by atoms with E-state index in [0.717, 1.165) is 30.0 Å². The van der Waals surface area contributed by atoms with Gasteiger partial charge < -0.3 is 10.1 Å². The zero-order valence-corrected chi connectivity index (χ0v) is 12.2. The van der Waals surface area contributed by atoms with E-state index in [1.54, 1.807) is 10.9 Å². The maximum absolute atomic E-state index is 11.9. The van der Waals surface area contributed by atoms with Crippen LogP contribution in [0.4, 0.5) is 5.69 Å². The molecule has 21 heavy (non-hydrogen) atoms. The second-order valence-electron chi connectivity index (χ2n) is 5.23. The largest absolute Gasteiger partial charge is 0.368 e. The average Bonchev–Trinajstić information content (AvgIpc) is 3.09. The molecular formula is C15H18N4O2. The highest BCUT2D eigenvalue weighted by molar-refractivity contribution is 5.94. The quantitative estimate of drug-likeness (QED) is 0.937. The summed E-state index contributed by atoms with van der Waals surface area (Å²) in [6.45, 7) is 4.59. The molecule has 0 bridgehead atoms. The predicted octanol–water partition coefficient (Wildman–Crippen LogP) is 2.00. The Bertz CT molecular complexity index is 642. The second-order valence-corrected chi connectivity index (χ2v) is 5.23. The molecule has 3 rings (SSSR count). The molecule has 110 valence electrons. The van der Waals surface area contributed by atoms with Gasteiger partial charge in [0.15, 0.2) is 5.82 Å². The van der Waals surface area contributed by atoms with Crippen molar-refractivity contribution in [3.63, 3.8) is 0 Å². The number of hydrogen-bond donors (Lipinski definition) is 1. The summed E-state index contributed by atoms with van der Waals surface area (Å²) in [5.74, 6) is 0.629. The van der Waals surface area contributed by atoms with Gasteiger partial charge in [0, 0.05) is 12.3 Å². The number of rotatable bonds is 3. The van der Waals surface area contributed by atoms with Crippen molar-refractivity contribution in [3.05, 3.63) is 35.8 Å². The molecule has 0 aromatic carbocycles. The molecule has 1 atom stereocenters. The van der Waals surface area contributed by atoms with Crippen LogP contribution in [0, 0.1) is 13.8 Å². The first-order valence-corrected chi connectivity index (χ1v) is 7.05. The lowest BCUT2D eigenvalue weighted by Gasteiger charge is -2.10. The molecule has 3 heterocycles. The van der Waals surface area contributed by atoms with Gasteiger partial charge in [-0.25, -0.2) is 9.67 Å². The van der Waals surface area contributed by atoms with Crippen LogP contribution in [0.2, 0.25) is 0 Å². The Labute approximate surface area is 123 Å². The van der Waals surface area contributed by atoms with E-state index < -0.39 is 0 Å². The van der Waals surface area contributed by atoms with Gasteiger partial charge in [-0.05, 0) is 44.9 Å². The summed E-state index contributed by atoms with van der Waals surface area (Å²) in [6, 6.07) is 5.66. The van der Waals surface area contributed by atoms with Crippen LogP contribution in [-0.2, 0) is 9.53 Å². The zero-order valence-electron chi connectivity index (χ0n) is 12.2. The minimum Gasteiger partial charge on any atom is -0.368 e. The number of aryl methyl sites for hydroxylation is 2. The Balaban J connectivity index is 1.72. The molecular weight excluding hydrogens is 268 g/mol. The van der Waals surface area contributed by atoms with Gasteiger partial charge in [0.25, 0.3) is 5.91 Å². The fourth-order valence-electron chi connectivity index (χ4n) is 2.45. The number of hydrogen-bond acceptors (Lipinski definition) is 4. The molecule has 1 amide bonds. The van der Waals surface area contributed by atoms with Crippen molar-refractivity contribution in [2.45, 2.75) is 32.8 Å². The van der Waals surface area contributed by atoms with E-state index in [4.69, 9.17) is 4.74 Å². The lowest BCUT2D eigenvalue weighted by Crippen LogP contribution is -2.26. The number of nitrogens with one attached hydrogen (secondary N) is 1. The van der Waals surface area contributed by atoms with Gasteiger partial charge in [-0.15, -0.1) is 0 Å². The Hall–Kier alpha value is -2.21. The van der Waals surface area contributed by atoms with Crippen LogP contribution in [0.3, 0.4) is 0 Å². The number of ether oxygens (including phenoxy) is 1. The monoisotopic (exact) mass is 286 g/mol. The highest BCUT2D eigenvalue weighted by Gasteiger charge is 2.23. The normalized spacial score (nSPS) is 17.9. The minimum atomic E-state index is -0.333. The lowest BCUT2D eigenvalue weighted by molar-refractivity contribution is -0.124. The molecule has 1 N–H and O–H groups in total. The summed E-state index contributed by atoms with van der Waals surface area (Å²) in [5, 5.41) is 7.21. The number of nitrogens with zero attached hydrogens (tertiary/aromatic N) is 3. The third-order valence-electron chi connectivity index (χ3n) is 3.46. The first kappa shape index (κ1) is 13.8. The van der Waals surface area contributed by atoms with E-state index in [1.165, 1.54) is 0 Å². The maximum atomic E-state index is 11.9. The molecule has 2 aromatic heterocycles. The number of carbonyl (C=O) groups is 1. The second kappa shape index (κ2) is 5.65. The molecule has 1 fully saturated rings. The Morgan fingerprint density at radius 2 is 2.29 bits per heavy atom. The zero-order chi connectivity index (χ0) is 14.8. The number of carbonyl (C=O) groups excluding carboxylic acids is 1. The summed E-state index contributed by atoms with van der Waals surface area (Å²) in [7, 11) is 0. The van der Waals surface area contributed by atoms with E-state index in [9.17, 15) is 4.79 Å². The molecule has 1 aliphatic heterocycles. The standard InChI is InChI=1S/C15H18N4O2/c1-10-8-11(2)19(18-10)14-6-5-12(9-16-14)17-15(20)13-4-3-7-21-13/h5-6,8-9,13H,3-4,7H2,1-2H3,(H,17,20). The summed E-state index contributed by atoms with van der Waals surface area (Å²) < 4.78 is 7.13. The van der Waals surface area contributed by atoms with Crippen LogP contribution in [-0.4, -0.2) is 33.4 Å². The topological polar surface area (TPSA) is 69.0 Å². The maximum Gasteiger partial charge on any atom is 0.253 e. The molecule has 2 aromatic rings. The van der Waals surface area contributed by atoms with Crippen molar-refractivity contribution in [1.82, 2.24) is 14.8 Å². The minimum absolute atomic E-state index is 0.104. The third-order valence-corrected chi connectivity index (χ3v) is 3.46. The van der Waals surface area contributed by atoms with Gasteiger partial charge in [-0.1, -0.05) is 0 Å². The van der Waals surface area contributed by atoms with Crippen molar-refractivity contribution in [1.29, 1.82) is 0 Å². The van der Waals surface area contributed by atoms with Crippen LogP contribution in [0.15, 0.2) is 24.4 Å². The van der Waals surface area contributed by atoms with Crippen LogP contribution in [0.1, 0.15) is 24.2 Å². The van der Waals surface area contributed by atoms with E-state index in [-0.39, 0.29) is 12.0 Å². The third kappa shape index (κ3) is 2.95.